The Morgan fingerprint density at radius 1 is 1.16 bits per heavy atom. The van der Waals surface area contributed by atoms with Crippen LogP contribution >= 0.6 is 0 Å². The van der Waals surface area contributed by atoms with Crippen molar-refractivity contribution in [3.05, 3.63) is 28.4 Å². The summed E-state index contributed by atoms with van der Waals surface area (Å²) in [5.74, 6) is 0.551. The van der Waals surface area contributed by atoms with Crippen LogP contribution in [-0.4, -0.2) is 68.0 Å². The van der Waals surface area contributed by atoms with Crippen molar-refractivity contribution < 1.29 is 4.79 Å². The van der Waals surface area contributed by atoms with Crippen LogP contribution in [0.4, 0.5) is 0 Å². The van der Waals surface area contributed by atoms with E-state index in [2.05, 4.69) is 20.0 Å². The number of hydrogen-bond acceptors (Lipinski definition) is 5. The van der Waals surface area contributed by atoms with Gasteiger partial charge >= 0.3 is 0 Å². The van der Waals surface area contributed by atoms with Gasteiger partial charge in [-0.25, -0.2) is 9.97 Å². The molecule has 134 valence electrons. The smallest absolute Gasteiger partial charge is 0.286 e. The van der Waals surface area contributed by atoms with Crippen LogP contribution in [0.2, 0.25) is 0 Å². The maximum absolute atomic E-state index is 12.8. The van der Waals surface area contributed by atoms with Crippen molar-refractivity contribution in [3.8, 4) is 0 Å². The van der Waals surface area contributed by atoms with Crippen LogP contribution < -0.4 is 5.56 Å². The Morgan fingerprint density at radius 3 is 2.84 bits per heavy atom. The molecule has 0 radical (unpaired) electrons. The first-order valence-corrected chi connectivity index (χ1v) is 9.15. The van der Waals surface area contributed by atoms with Crippen LogP contribution in [-0.2, 0) is 0 Å². The molecular formula is C17H24N6O2. The summed E-state index contributed by atoms with van der Waals surface area (Å²) >= 11 is 0. The van der Waals surface area contributed by atoms with Gasteiger partial charge in [0.15, 0.2) is 0 Å². The van der Waals surface area contributed by atoms with Crippen LogP contribution in [0.15, 0.2) is 17.3 Å². The van der Waals surface area contributed by atoms with E-state index < -0.39 is 0 Å². The highest BCUT2D eigenvalue weighted by atomic mass is 16.2. The molecule has 4 rings (SSSR count). The van der Waals surface area contributed by atoms with Crippen LogP contribution in [0.5, 0.6) is 0 Å². The fourth-order valence-electron chi connectivity index (χ4n) is 4.02. The highest BCUT2D eigenvalue weighted by molar-refractivity contribution is 5.93. The highest BCUT2D eigenvalue weighted by Crippen LogP contribution is 2.20. The lowest BCUT2D eigenvalue weighted by molar-refractivity contribution is 0.0628. The summed E-state index contributed by atoms with van der Waals surface area (Å²) < 4.78 is 1.21. The van der Waals surface area contributed by atoms with Gasteiger partial charge in [0, 0.05) is 25.8 Å². The number of aromatic amines is 1. The minimum Gasteiger partial charge on any atom is -0.338 e. The topological polar surface area (TPSA) is 86.6 Å². The van der Waals surface area contributed by atoms with E-state index in [4.69, 9.17) is 0 Å². The molecule has 8 heteroatoms. The van der Waals surface area contributed by atoms with Gasteiger partial charge in [0.2, 0.25) is 0 Å². The molecule has 2 aromatic heterocycles. The van der Waals surface area contributed by atoms with Gasteiger partial charge in [0.05, 0.1) is 0 Å². The molecule has 1 N–H and O–H groups in total. The van der Waals surface area contributed by atoms with Crippen LogP contribution in [0.1, 0.15) is 42.5 Å². The Morgan fingerprint density at radius 2 is 2.00 bits per heavy atom. The third-order valence-corrected chi connectivity index (χ3v) is 5.31. The summed E-state index contributed by atoms with van der Waals surface area (Å²) in [6.45, 7) is 4.83. The van der Waals surface area contributed by atoms with E-state index in [1.165, 1.54) is 49.4 Å². The molecule has 8 nitrogen and oxygen atoms in total. The predicted octanol–water partition coefficient (Wildman–Crippen LogP) is 0.756. The standard InChI is InChI=1S/C17H24N6O2/c24-15(14-9-18-17-19-12-20-23(17)16(14)25)22-8-4-5-13(11-22)10-21-6-2-1-3-7-21/h9,12-13H,1-8,10-11H2,(H,18,19,20). The number of nitrogens with zero attached hydrogens (tertiary/aromatic N) is 5. The molecule has 2 aliphatic heterocycles. The Hall–Kier alpha value is -2.22. The SMILES string of the molecule is O=C(c1cnc2nc[nH]n2c1=O)N1CCCC(CN2CCCCC2)C1. The normalized spacial score (nSPS) is 22.4. The fourth-order valence-corrected chi connectivity index (χ4v) is 4.02. The van der Waals surface area contributed by atoms with Crippen molar-refractivity contribution in [1.29, 1.82) is 0 Å². The van der Waals surface area contributed by atoms with Crippen LogP contribution in [0, 0.1) is 5.92 Å². The first-order chi connectivity index (χ1) is 12.2. The summed E-state index contributed by atoms with van der Waals surface area (Å²) in [4.78, 5) is 37.7. The van der Waals surface area contributed by atoms with Crippen molar-refractivity contribution in [2.75, 3.05) is 32.7 Å². The monoisotopic (exact) mass is 344 g/mol. The number of carbonyl (C=O) groups is 1. The summed E-state index contributed by atoms with van der Waals surface area (Å²) in [5, 5.41) is 2.70. The van der Waals surface area contributed by atoms with Crippen molar-refractivity contribution in [3.63, 3.8) is 0 Å². The number of piperidine rings is 2. The third kappa shape index (κ3) is 3.30. The first-order valence-electron chi connectivity index (χ1n) is 9.15. The van der Waals surface area contributed by atoms with Crippen molar-refractivity contribution in [2.45, 2.75) is 32.1 Å². The molecule has 2 saturated heterocycles. The number of aromatic nitrogens is 4. The van der Waals surface area contributed by atoms with E-state index in [1.54, 1.807) is 0 Å². The second kappa shape index (κ2) is 6.95. The van der Waals surface area contributed by atoms with E-state index in [9.17, 15) is 9.59 Å². The number of amides is 1. The zero-order valence-corrected chi connectivity index (χ0v) is 14.4. The van der Waals surface area contributed by atoms with Gasteiger partial charge in [-0.05, 0) is 44.7 Å². The minimum absolute atomic E-state index is 0.111. The summed E-state index contributed by atoms with van der Waals surface area (Å²) in [7, 11) is 0. The number of hydrogen-bond donors (Lipinski definition) is 1. The average molecular weight is 344 g/mol. The zero-order chi connectivity index (χ0) is 17.2. The Labute approximate surface area is 145 Å². The van der Waals surface area contributed by atoms with Crippen molar-refractivity contribution >= 4 is 11.7 Å². The molecule has 4 heterocycles. The third-order valence-electron chi connectivity index (χ3n) is 5.31. The Kier molecular flexibility index (Phi) is 4.52. The van der Waals surface area contributed by atoms with Gasteiger partial charge in [-0.15, -0.1) is 0 Å². The summed E-state index contributed by atoms with van der Waals surface area (Å²) in [6.07, 6.45) is 8.79. The summed E-state index contributed by atoms with van der Waals surface area (Å²) in [5.41, 5.74) is -0.272. The largest absolute Gasteiger partial charge is 0.338 e. The van der Waals surface area contributed by atoms with E-state index in [-0.39, 0.29) is 22.8 Å². The molecule has 25 heavy (non-hydrogen) atoms. The van der Waals surface area contributed by atoms with E-state index in [0.717, 1.165) is 25.9 Å². The molecule has 1 unspecified atom stereocenters. The number of carbonyl (C=O) groups excluding carboxylic acids is 1. The number of H-pyrrole nitrogens is 1. The molecular weight excluding hydrogens is 320 g/mol. The molecule has 0 spiro atoms. The fraction of sp³-hybridized carbons (Fsp3) is 0.647. The van der Waals surface area contributed by atoms with E-state index in [1.807, 2.05) is 4.90 Å². The second-order valence-corrected chi connectivity index (χ2v) is 7.12. The van der Waals surface area contributed by atoms with E-state index in [0.29, 0.717) is 12.5 Å². The summed E-state index contributed by atoms with van der Waals surface area (Å²) in [6, 6.07) is 0. The lowest BCUT2D eigenvalue weighted by Crippen LogP contribution is -2.46. The average Bonchev–Trinajstić information content (AvgIpc) is 3.12. The van der Waals surface area contributed by atoms with Gasteiger partial charge in [-0.2, -0.15) is 4.52 Å². The maximum Gasteiger partial charge on any atom is 0.286 e. The molecule has 2 aromatic rings. The quantitative estimate of drug-likeness (QED) is 0.888. The number of fused-ring (bicyclic) bond motifs is 1. The molecule has 0 aliphatic carbocycles. The van der Waals surface area contributed by atoms with Crippen molar-refractivity contribution in [2.24, 2.45) is 5.92 Å². The Balaban J connectivity index is 1.47. The number of likely N-dealkylation sites (tertiary alicyclic amines) is 2. The predicted molar refractivity (Wildman–Crippen MR) is 92.5 cm³/mol. The number of rotatable bonds is 3. The zero-order valence-electron chi connectivity index (χ0n) is 14.4. The van der Waals surface area contributed by atoms with Gasteiger partial charge in [0.1, 0.15) is 11.9 Å². The van der Waals surface area contributed by atoms with Crippen LogP contribution in [0.25, 0.3) is 5.78 Å². The van der Waals surface area contributed by atoms with Crippen LogP contribution in [0.3, 0.4) is 0 Å². The molecule has 2 fully saturated rings. The van der Waals surface area contributed by atoms with Gasteiger partial charge in [-0.1, -0.05) is 6.42 Å². The molecule has 2 aliphatic rings. The lowest BCUT2D eigenvalue weighted by Gasteiger charge is -2.36. The highest BCUT2D eigenvalue weighted by Gasteiger charge is 2.28. The molecule has 0 bridgehead atoms. The van der Waals surface area contributed by atoms with E-state index >= 15 is 0 Å². The molecule has 1 atom stereocenters. The molecule has 0 saturated carbocycles. The first kappa shape index (κ1) is 16.3. The van der Waals surface area contributed by atoms with Gasteiger partial charge in [-0.3, -0.25) is 14.7 Å². The van der Waals surface area contributed by atoms with Crippen molar-refractivity contribution in [1.82, 2.24) is 29.4 Å². The van der Waals surface area contributed by atoms with Gasteiger partial charge < -0.3 is 9.80 Å². The lowest BCUT2D eigenvalue weighted by atomic mass is 9.96. The number of nitrogens with one attached hydrogen (secondary N) is 1. The van der Waals surface area contributed by atoms with Gasteiger partial charge in [0.25, 0.3) is 17.2 Å². The maximum atomic E-state index is 12.8. The molecule has 1 amide bonds. The minimum atomic E-state index is -0.384. The molecule has 0 aromatic carbocycles. The Bertz CT molecular complexity index is 807. The second-order valence-electron chi connectivity index (χ2n) is 7.12.